The van der Waals surface area contributed by atoms with Gasteiger partial charge in [0, 0.05) is 12.7 Å². The lowest BCUT2D eigenvalue weighted by Crippen LogP contribution is -2.35. The van der Waals surface area contributed by atoms with Crippen LogP contribution in [0.15, 0.2) is 29.7 Å². The van der Waals surface area contributed by atoms with E-state index in [0.717, 1.165) is 11.1 Å². The molecule has 0 unspecified atom stereocenters. The van der Waals surface area contributed by atoms with Gasteiger partial charge in [0.2, 0.25) is 5.91 Å². The van der Waals surface area contributed by atoms with E-state index in [1.807, 2.05) is 26.0 Å². The number of rotatable bonds is 4. The van der Waals surface area contributed by atoms with Crippen LogP contribution in [0.3, 0.4) is 0 Å². The van der Waals surface area contributed by atoms with Crippen molar-refractivity contribution < 1.29 is 9.59 Å². The number of hydrogen-bond donors (Lipinski definition) is 2. The van der Waals surface area contributed by atoms with Crippen LogP contribution in [0, 0.1) is 13.8 Å². The van der Waals surface area contributed by atoms with E-state index in [4.69, 9.17) is 0 Å². The summed E-state index contributed by atoms with van der Waals surface area (Å²) in [4.78, 5) is 23.5. The van der Waals surface area contributed by atoms with Crippen molar-refractivity contribution >= 4 is 29.4 Å². The van der Waals surface area contributed by atoms with E-state index < -0.39 is 11.9 Å². The summed E-state index contributed by atoms with van der Waals surface area (Å²) in [6.45, 7) is 3.95. The molecule has 0 saturated carbocycles. The molecule has 2 rings (SSSR count). The Kier molecular flexibility index (Phi) is 5.16. The summed E-state index contributed by atoms with van der Waals surface area (Å²) in [5.41, 5.74) is 2.86. The van der Waals surface area contributed by atoms with E-state index in [1.165, 1.54) is 11.8 Å². The summed E-state index contributed by atoms with van der Waals surface area (Å²) in [5, 5.41) is 13.1. The Balaban J connectivity index is 1.82. The quantitative estimate of drug-likeness (QED) is 0.840. The molecule has 3 amide bonds. The Morgan fingerprint density at radius 1 is 1.27 bits per heavy atom. The van der Waals surface area contributed by atoms with Gasteiger partial charge < -0.3 is 9.88 Å². The molecule has 1 aromatic carbocycles. The molecule has 0 radical (unpaired) electrons. The highest BCUT2D eigenvalue weighted by atomic mass is 32.2. The van der Waals surface area contributed by atoms with Crippen LogP contribution in [0.1, 0.15) is 11.1 Å². The molecule has 0 aliphatic rings. The number of amides is 3. The second kappa shape index (κ2) is 7.08. The van der Waals surface area contributed by atoms with Crippen molar-refractivity contribution in [1.82, 2.24) is 20.1 Å². The number of anilines is 1. The summed E-state index contributed by atoms with van der Waals surface area (Å²) in [6.07, 6.45) is 1.55. The van der Waals surface area contributed by atoms with Crippen LogP contribution in [0.2, 0.25) is 0 Å². The number of carbonyl (C=O) groups is 2. The van der Waals surface area contributed by atoms with E-state index in [2.05, 4.69) is 20.8 Å². The normalized spacial score (nSPS) is 10.3. The van der Waals surface area contributed by atoms with Gasteiger partial charge in [-0.05, 0) is 37.1 Å². The van der Waals surface area contributed by atoms with Gasteiger partial charge in [0.15, 0.2) is 5.16 Å². The van der Waals surface area contributed by atoms with Crippen LogP contribution < -0.4 is 10.6 Å². The first-order valence-corrected chi connectivity index (χ1v) is 7.59. The highest BCUT2D eigenvalue weighted by molar-refractivity contribution is 7.99. The van der Waals surface area contributed by atoms with Crippen LogP contribution in [-0.2, 0) is 11.8 Å². The Labute approximate surface area is 132 Å². The zero-order chi connectivity index (χ0) is 16.1. The maximum atomic E-state index is 11.8. The van der Waals surface area contributed by atoms with Crippen molar-refractivity contribution in [3.05, 3.63) is 35.7 Å². The van der Waals surface area contributed by atoms with Crippen molar-refractivity contribution in [3.8, 4) is 0 Å². The molecule has 0 spiro atoms. The molecule has 0 atom stereocenters. The number of nitrogens with one attached hydrogen (secondary N) is 2. The van der Waals surface area contributed by atoms with E-state index >= 15 is 0 Å². The molecule has 8 heteroatoms. The number of imide groups is 1. The molecule has 116 valence electrons. The first-order chi connectivity index (χ1) is 10.5. The van der Waals surface area contributed by atoms with Crippen LogP contribution in [0.4, 0.5) is 10.5 Å². The van der Waals surface area contributed by atoms with E-state index in [9.17, 15) is 9.59 Å². The van der Waals surface area contributed by atoms with Crippen molar-refractivity contribution in [1.29, 1.82) is 0 Å². The molecule has 0 aliphatic carbocycles. The summed E-state index contributed by atoms with van der Waals surface area (Å²) in [5.74, 6) is -0.304. The number of aromatic nitrogens is 3. The minimum absolute atomic E-state index is 0.0902. The summed E-state index contributed by atoms with van der Waals surface area (Å²) in [7, 11) is 1.78. The van der Waals surface area contributed by atoms with Gasteiger partial charge in [-0.3, -0.25) is 10.1 Å². The second-order valence-corrected chi connectivity index (χ2v) is 5.76. The number of carbonyl (C=O) groups excluding carboxylic acids is 2. The molecule has 0 bridgehead atoms. The maximum Gasteiger partial charge on any atom is 0.325 e. The topological polar surface area (TPSA) is 88.9 Å². The first-order valence-electron chi connectivity index (χ1n) is 6.60. The Hall–Kier alpha value is -2.35. The number of thioether (sulfide) groups is 1. The summed E-state index contributed by atoms with van der Waals surface area (Å²) in [6, 6.07) is 5.01. The Bertz CT molecular complexity index is 698. The molecule has 1 heterocycles. The minimum atomic E-state index is -0.549. The van der Waals surface area contributed by atoms with Crippen LogP contribution in [0.25, 0.3) is 0 Å². The third-order valence-corrected chi connectivity index (χ3v) is 4.05. The fourth-order valence-corrected chi connectivity index (χ4v) is 2.37. The van der Waals surface area contributed by atoms with Gasteiger partial charge >= 0.3 is 6.03 Å². The van der Waals surface area contributed by atoms with Crippen molar-refractivity contribution in [2.75, 3.05) is 11.1 Å². The third kappa shape index (κ3) is 4.32. The van der Waals surface area contributed by atoms with Gasteiger partial charge in [0.25, 0.3) is 0 Å². The minimum Gasteiger partial charge on any atom is -0.312 e. The molecule has 2 N–H and O–H groups in total. The standard InChI is InChI=1S/C14H17N5O2S/c1-9-4-5-11(6-10(9)2)16-13(21)17-12(20)7-22-14-18-15-8-19(14)3/h4-6,8H,7H2,1-3H3,(H2,16,17,20,21). The van der Waals surface area contributed by atoms with Gasteiger partial charge in [0.05, 0.1) is 5.75 Å². The third-order valence-electron chi connectivity index (χ3n) is 3.02. The monoisotopic (exact) mass is 319 g/mol. The summed E-state index contributed by atoms with van der Waals surface area (Å²) < 4.78 is 1.70. The van der Waals surface area contributed by atoms with Crippen molar-refractivity contribution in [2.45, 2.75) is 19.0 Å². The fourth-order valence-electron chi connectivity index (χ4n) is 1.68. The fraction of sp³-hybridized carbons (Fsp3) is 0.286. The van der Waals surface area contributed by atoms with Crippen molar-refractivity contribution in [3.63, 3.8) is 0 Å². The number of aryl methyl sites for hydroxylation is 3. The number of benzene rings is 1. The SMILES string of the molecule is Cc1ccc(NC(=O)NC(=O)CSc2nncn2C)cc1C. The zero-order valence-corrected chi connectivity index (χ0v) is 13.4. The van der Waals surface area contributed by atoms with E-state index in [-0.39, 0.29) is 5.75 Å². The Morgan fingerprint density at radius 3 is 2.68 bits per heavy atom. The van der Waals surface area contributed by atoms with Crippen molar-refractivity contribution in [2.24, 2.45) is 7.05 Å². The predicted octanol–water partition coefficient (Wildman–Crippen LogP) is 1.87. The lowest BCUT2D eigenvalue weighted by molar-refractivity contribution is -0.117. The highest BCUT2D eigenvalue weighted by Gasteiger charge is 2.10. The molecular weight excluding hydrogens is 302 g/mol. The largest absolute Gasteiger partial charge is 0.325 e. The predicted molar refractivity (Wildman–Crippen MR) is 84.8 cm³/mol. The molecule has 1 aromatic heterocycles. The van der Waals surface area contributed by atoms with E-state index in [0.29, 0.717) is 10.8 Å². The highest BCUT2D eigenvalue weighted by Crippen LogP contribution is 2.14. The van der Waals surface area contributed by atoms with Gasteiger partial charge in [-0.1, -0.05) is 17.8 Å². The van der Waals surface area contributed by atoms with Gasteiger partial charge in [-0.2, -0.15) is 0 Å². The Morgan fingerprint density at radius 2 is 2.05 bits per heavy atom. The molecule has 0 saturated heterocycles. The lowest BCUT2D eigenvalue weighted by Gasteiger charge is -2.08. The van der Waals surface area contributed by atoms with Crippen LogP contribution in [0.5, 0.6) is 0 Å². The van der Waals surface area contributed by atoms with Crippen LogP contribution in [-0.4, -0.2) is 32.5 Å². The van der Waals surface area contributed by atoms with Crippen LogP contribution >= 0.6 is 11.8 Å². The number of hydrogen-bond acceptors (Lipinski definition) is 5. The van der Waals surface area contributed by atoms with Gasteiger partial charge in [0.1, 0.15) is 6.33 Å². The summed E-state index contributed by atoms with van der Waals surface area (Å²) >= 11 is 1.21. The average molecular weight is 319 g/mol. The molecular formula is C14H17N5O2S. The second-order valence-electron chi connectivity index (χ2n) is 4.81. The zero-order valence-electron chi connectivity index (χ0n) is 12.6. The molecule has 7 nitrogen and oxygen atoms in total. The molecule has 22 heavy (non-hydrogen) atoms. The van der Waals surface area contributed by atoms with E-state index in [1.54, 1.807) is 24.0 Å². The molecule has 0 aliphatic heterocycles. The molecule has 0 fully saturated rings. The number of urea groups is 1. The van der Waals surface area contributed by atoms with Gasteiger partial charge in [-0.15, -0.1) is 10.2 Å². The average Bonchev–Trinajstić information content (AvgIpc) is 2.86. The first kappa shape index (κ1) is 16.0. The number of nitrogens with zero attached hydrogens (tertiary/aromatic N) is 3. The lowest BCUT2D eigenvalue weighted by atomic mass is 10.1. The molecule has 2 aromatic rings. The smallest absolute Gasteiger partial charge is 0.312 e. The van der Waals surface area contributed by atoms with Gasteiger partial charge in [-0.25, -0.2) is 4.79 Å². The maximum absolute atomic E-state index is 11.8.